The highest BCUT2D eigenvalue weighted by molar-refractivity contribution is 7.90. The second-order valence-electron chi connectivity index (χ2n) is 4.87. The number of nitriles is 1. The van der Waals surface area contributed by atoms with Gasteiger partial charge < -0.3 is 9.47 Å². The van der Waals surface area contributed by atoms with Gasteiger partial charge in [-0.1, -0.05) is 6.07 Å². The number of rotatable bonds is 6. The molecule has 0 aliphatic rings. The number of nitrogens with one attached hydrogen (secondary N) is 1. The molecular weight excluding hydrogens is 344 g/mol. The van der Waals surface area contributed by atoms with Gasteiger partial charge in [0.2, 0.25) is 0 Å². The zero-order valence-corrected chi connectivity index (χ0v) is 14.5. The molecule has 2 aromatic carbocycles. The molecule has 2 rings (SSSR count). The van der Waals surface area contributed by atoms with E-state index in [4.69, 9.17) is 14.7 Å². The van der Waals surface area contributed by atoms with E-state index >= 15 is 0 Å². The smallest absolute Gasteiger partial charge is 0.265 e. The van der Waals surface area contributed by atoms with Crippen molar-refractivity contribution in [3.63, 3.8) is 0 Å². The Balaban J connectivity index is 2.28. The van der Waals surface area contributed by atoms with Gasteiger partial charge in [-0.3, -0.25) is 4.79 Å². The van der Waals surface area contributed by atoms with Crippen molar-refractivity contribution in [2.45, 2.75) is 11.8 Å². The predicted octanol–water partition coefficient (Wildman–Crippen LogP) is 2.08. The van der Waals surface area contributed by atoms with Crippen LogP contribution in [0.1, 0.15) is 22.8 Å². The number of hydrogen-bond donors (Lipinski definition) is 1. The molecule has 0 bridgehead atoms. The van der Waals surface area contributed by atoms with Gasteiger partial charge in [-0.05, 0) is 43.3 Å². The van der Waals surface area contributed by atoms with Gasteiger partial charge in [-0.2, -0.15) is 5.26 Å². The zero-order chi connectivity index (χ0) is 18.4. The van der Waals surface area contributed by atoms with Crippen LogP contribution >= 0.6 is 0 Å². The van der Waals surface area contributed by atoms with Crippen LogP contribution in [0.25, 0.3) is 0 Å². The molecule has 2 aromatic rings. The van der Waals surface area contributed by atoms with Crippen molar-refractivity contribution in [2.75, 3.05) is 13.7 Å². The van der Waals surface area contributed by atoms with Gasteiger partial charge in [0.1, 0.15) is 0 Å². The summed E-state index contributed by atoms with van der Waals surface area (Å²) in [5, 5.41) is 8.86. The van der Waals surface area contributed by atoms with E-state index in [2.05, 4.69) is 0 Å². The largest absolute Gasteiger partial charge is 0.493 e. The van der Waals surface area contributed by atoms with Crippen LogP contribution in [0.4, 0.5) is 0 Å². The average molecular weight is 360 g/mol. The Labute approximate surface area is 145 Å². The van der Waals surface area contributed by atoms with Crippen molar-refractivity contribution >= 4 is 15.9 Å². The molecular formula is C17H16N2O5S. The molecule has 0 radical (unpaired) electrons. The van der Waals surface area contributed by atoms with Crippen molar-refractivity contribution in [1.82, 2.24) is 4.72 Å². The summed E-state index contributed by atoms with van der Waals surface area (Å²) >= 11 is 0. The molecule has 0 aromatic heterocycles. The van der Waals surface area contributed by atoms with Gasteiger partial charge in [0.25, 0.3) is 15.9 Å². The summed E-state index contributed by atoms with van der Waals surface area (Å²) in [6.45, 7) is 2.23. The predicted molar refractivity (Wildman–Crippen MR) is 90.0 cm³/mol. The van der Waals surface area contributed by atoms with Crippen LogP contribution in [0.2, 0.25) is 0 Å². The molecule has 0 saturated heterocycles. The number of benzene rings is 2. The Hall–Kier alpha value is -3.05. The molecule has 1 amide bonds. The second kappa shape index (κ2) is 7.68. The van der Waals surface area contributed by atoms with Crippen molar-refractivity contribution in [2.24, 2.45) is 0 Å². The van der Waals surface area contributed by atoms with E-state index in [1.54, 1.807) is 0 Å². The zero-order valence-electron chi connectivity index (χ0n) is 13.6. The summed E-state index contributed by atoms with van der Waals surface area (Å²) in [4.78, 5) is 12.1. The third-order valence-corrected chi connectivity index (χ3v) is 4.55. The minimum atomic E-state index is -4.10. The van der Waals surface area contributed by atoms with Crippen LogP contribution in [-0.4, -0.2) is 28.0 Å². The van der Waals surface area contributed by atoms with E-state index in [0.717, 1.165) is 0 Å². The van der Waals surface area contributed by atoms with Crippen molar-refractivity contribution in [3.05, 3.63) is 53.6 Å². The normalized spacial score (nSPS) is 10.6. The minimum absolute atomic E-state index is 0.0975. The summed E-state index contributed by atoms with van der Waals surface area (Å²) in [5.41, 5.74) is 0.276. The standard InChI is InChI=1S/C17H16N2O5S/c1-3-24-15-8-7-13(10-16(15)23-2)17(20)19-25(21,22)14-6-4-5-12(9-14)11-18/h4-10H,3H2,1-2H3,(H,19,20). The maximum Gasteiger partial charge on any atom is 0.265 e. The Morgan fingerprint density at radius 3 is 2.60 bits per heavy atom. The Morgan fingerprint density at radius 2 is 1.96 bits per heavy atom. The lowest BCUT2D eigenvalue weighted by molar-refractivity contribution is 0.0981. The summed E-state index contributed by atoms with van der Waals surface area (Å²) in [6, 6.07) is 11.6. The highest BCUT2D eigenvalue weighted by Crippen LogP contribution is 2.28. The monoisotopic (exact) mass is 360 g/mol. The Morgan fingerprint density at radius 1 is 1.20 bits per heavy atom. The highest BCUT2D eigenvalue weighted by atomic mass is 32.2. The first-order valence-electron chi connectivity index (χ1n) is 7.29. The number of ether oxygens (including phenoxy) is 2. The molecule has 25 heavy (non-hydrogen) atoms. The van der Waals surface area contributed by atoms with Crippen molar-refractivity contribution < 1.29 is 22.7 Å². The second-order valence-corrected chi connectivity index (χ2v) is 6.56. The first kappa shape index (κ1) is 18.3. The maximum atomic E-state index is 12.3. The molecule has 1 N–H and O–H groups in total. The number of sulfonamides is 1. The average Bonchev–Trinajstić information content (AvgIpc) is 2.62. The van der Waals surface area contributed by atoms with Crippen LogP contribution in [0.15, 0.2) is 47.4 Å². The molecule has 0 saturated carbocycles. The third-order valence-electron chi connectivity index (χ3n) is 3.23. The van der Waals surface area contributed by atoms with E-state index in [1.807, 2.05) is 17.7 Å². The SMILES string of the molecule is CCOc1ccc(C(=O)NS(=O)(=O)c2cccc(C#N)c2)cc1OC. The lowest BCUT2D eigenvalue weighted by Crippen LogP contribution is -2.30. The van der Waals surface area contributed by atoms with Crippen LogP contribution in [-0.2, 0) is 10.0 Å². The fraction of sp³-hybridized carbons (Fsp3) is 0.176. The van der Waals surface area contributed by atoms with Gasteiger partial charge in [0.05, 0.1) is 30.2 Å². The maximum absolute atomic E-state index is 12.3. The topological polar surface area (TPSA) is 105 Å². The first-order chi connectivity index (χ1) is 11.9. The third kappa shape index (κ3) is 4.28. The van der Waals surface area contributed by atoms with E-state index in [1.165, 1.54) is 49.6 Å². The fourth-order valence-corrected chi connectivity index (χ4v) is 3.08. The van der Waals surface area contributed by atoms with E-state index < -0.39 is 15.9 Å². The van der Waals surface area contributed by atoms with Gasteiger partial charge in [0, 0.05) is 5.56 Å². The minimum Gasteiger partial charge on any atom is -0.493 e. The van der Waals surface area contributed by atoms with Crippen LogP contribution in [0.3, 0.4) is 0 Å². The summed E-state index contributed by atoms with van der Waals surface area (Å²) < 4.78 is 37.1. The molecule has 130 valence electrons. The van der Waals surface area contributed by atoms with Crippen LogP contribution in [0, 0.1) is 11.3 Å². The quantitative estimate of drug-likeness (QED) is 0.845. The molecule has 0 atom stereocenters. The molecule has 0 aliphatic carbocycles. The summed E-state index contributed by atoms with van der Waals surface area (Å²) in [6.07, 6.45) is 0. The molecule has 0 unspecified atom stereocenters. The molecule has 0 aliphatic heterocycles. The van der Waals surface area contributed by atoms with Gasteiger partial charge >= 0.3 is 0 Å². The lowest BCUT2D eigenvalue weighted by Gasteiger charge is -2.11. The van der Waals surface area contributed by atoms with Gasteiger partial charge in [-0.25, -0.2) is 13.1 Å². The van der Waals surface area contributed by atoms with Crippen molar-refractivity contribution in [3.8, 4) is 17.6 Å². The number of methoxy groups -OCH3 is 1. The van der Waals surface area contributed by atoms with E-state index in [-0.39, 0.29) is 16.0 Å². The van der Waals surface area contributed by atoms with E-state index in [0.29, 0.717) is 18.1 Å². The number of carbonyl (C=O) groups excluding carboxylic acids is 1. The number of nitrogens with zero attached hydrogens (tertiary/aromatic N) is 1. The first-order valence-corrected chi connectivity index (χ1v) is 8.77. The number of carbonyl (C=O) groups is 1. The highest BCUT2D eigenvalue weighted by Gasteiger charge is 2.20. The summed E-state index contributed by atoms with van der Waals surface area (Å²) in [5.74, 6) is -0.0480. The Bertz CT molecular complexity index is 932. The van der Waals surface area contributed by atoms with Gasteiger partial charge in [-0.15, -0.1) is 0 Å². The molecule has 7 nitrogen and oxygen atoms in total. The molecule has 8 heteroatoms. The van der Waals surface area contributed by atoms with E-state index in [9.17, 15) is 13.2 Å². The molecule has 0 spiro atoms. The van der Waals surface area contributed by atoms with Gasteiger partial charge in [0.15, 0.2) is 11.5 Å². The number of amides is 1. The van der Waals surface area contributed by atoms with Crippen LogP contribution < -0.4 is 14.2 Å². The van der Waals surface area contributed by atoms with Crippen LogP contribution in [0.5, 0.6) is 11.5 Å². The van der Waals surface area contributed by atoms with Crippen molar-refractivity contribution in [1.29, 1.82) is 5.26 Å². The fourth-order valence-electron chi connectivity index (χ4n) is 2.06. The molecule has 0 heterocycles. The lowest BCUT2D eigenvalue weighted by atomic mass is 10.2. The number of hydrogen-bond acceptors (Lipinski definition) is 6. The Kier molecular flexibility index (Phi) is 5.62. The molecule has 0 fully saturated rings. The summed E-state index contributed by atoms with van der Waals surface area (Å²) in [7, 11) is -2.68.